The average molecular weight is 322 g/mol. The predicted octanol–water partition coefficient (Wildman–Crippen LogP) is 2.58. The van der Waals surface area contributed by atoms with E-state index < -0.39 is 10.8 Å². The van der Waals surface area contributed by atoms with Crippen molar-refractivity contribution in [2.24, 2.45) is 0 Å². The minimum Gasteiger partial charge on any atom is -0.481 e. The number of nitro benzene ring substituents is 1. The summed E-state index contributed by atoms with van der Waals surface area (Å²) in [4.78, 5) is 26.5. The number of aromatic nitrogens is 1. The molecular weight excluding hydrogens is 310 g/mol. The molecule has 1 amide bonds. The maximum absolute atomic E-state index is 12.2. The molecule has 114 valence electrons. The van der Waals surface area contributed by atoms with Crippen LogP contribution in [0.25, 0.3) is 0 Å². The molecule has 0 bridgehead atoms. The zero-order chi connectivity index (χ0) is 16.1. The van der Waals surface area contributed by atoms with Crippen LogP contribution in [0.3, 0.4) is 0 Å². The van der Waals surface area contributed by atoms with Crippen LogP contribution in [0.15, 0.2) is 36.5 Å². The van der Waals surface area contributed by atoms with Crippen molar-refractivity contribution in [2.45, 2.75) is 6.54 Å². The highest BCUT2D eigenvalue weighted by molar-refractivity contribution is 6.31. The second-order valence-electron chi connectivity index (χ2n) is 4.27. The smallest absolute Gasteiger partial charge is 0.282 e. The summed E-state index contributed by atoms with van der Waals surface area (Å²) in [5.41, 5.74) is 0.253. The first-order chi connectivity index (χ1) is 10.5. The summed E-state index contributed by atoms with van der Waals surface area (Å²) in [6, 6.07) is 7.25. The molecule has 1 aromatic heterocycles. The van der Waals surface area contributed by atoms with Crippen molar-refractivity contribution in [3.63, 3.8) is 0 Å². The number of nitro groups is 1. The SMILES string of the molecule is COc1ncccc1CNC(=O)c1cc(Cl)ccc1[N+](=O)[O-]. The Hall–Kier alpha value is -2.67. The summed E-state index contributed by atoms with van der Waals surface area (Å²) in [6.07, 6.45) is 1.56. The zero-order valence-corrected chi connectivity index (χ0v) is 12.3. The van der Waals surface area contributed by atoms with Gasteiger partial charge in [0, 0.05) is 29.4 Å². The van der Waals surface area contributed by atoms with Gasteiger partial charge in [-0.3, -0.25) is 14.9 Å². The number of amides is 1. The lowest BCUT2D eigenvalue weighted by molar-refractivity contribution is -0.385. The largest absolute Gasteiger partial charge is 0.481 e. The van der Waals surface area contributed by atoms with Crippen molar-refractivity contribution in [3.05, 3.63) is 62.8 Å². The van der Waals surface area contributed by atoms with E-state index in [-0.39, 0.29) is 22.8 Å². The molecule has 22 heavy (non-hydrogen) atoms. The first-order valence-electron chi connectivity index (χ1n) is 6.23. The molecule has 0 aliphatic rings. The quantitative estimate of drug-likeness (QED) is 0.674. The van der Waals surface area contributed by atoms with Gasteiger partial charge in [-0.15, -0.1) is 0 Å². The van der Waals surface area contributed by atoms with Crippen molar-refractivity contribution in [2.75, 3.05) is 7.11 Å². The number of hydrogen-bond donors (Lipinski definition) is 1. The number of nitrogens with one attached hydrogen (secondary N) is 1. The maximum Gasteiger partial charge on any atom is 0.282 e. The number of rotatable bonds is 5. The fourth-order valence-corrected chi connectivity index (χ4v) is 2.03. The summed E-state index contributed by atoms with van der Waals surface area (Å²) >= 11 is 5.80. The predicted molar refractivity (Wildman–Crippen MR) is 80.1 cm³/mol. The highest BCUT2D eigenvalue weighted by atomic mass is 35.5. The molecule has 8 heteroatoms. The molecule has 0 aliphatic carbocycles. The van der Waals surface area contributed by atoms with Gasteiger partial charge in [-0.2, -0.15) is 0 Å². The summed E-state index contributed by atoms with van der Waals surface area (Å²) < 4.78 is 5.07. The van der Waals surface area contributed by atoms with E-state index in [0.29, 0.717) is 11.4 Å². The average Bonchev–Trinajstić information content (AvgIpc) is 2.52. The third-order valence-corrected chi connectivity index (χ3v) is 3.12. The molecule has 2 aromatic rings. The number of carbonyl (C=O) groups is 1. The van der Waals surface area contributed by atoms with Crippen LogP contribution in [0, 0.1) is 10.1 Å². The number of nitrogens with zero attached hydrogens (tertiary/aromatic N) is 2. The minimum atomic E-state index is -0.629. The van der Waals surface area contributed by atoms with Crippen LogP contribution < -0.4 is 10.1 Å². The lowest BCUT2D eigenvalue weighted by atomic mass is 10.1. The van der Waals surface area contributed by atoms with Gasteiger partial charge in [0.15, 0.2) is 0 Å². The molecule has 1 aromatic carbocycles. The van der Waals surface area contributed by atoms with Crippen molar-refractivity contribution in [3.8, 4) is 5.88 Å². The van der Waals surface area contributed by atoms with Crippen molar-refractivity contribution in [1.82, 2.24) is 10.3 Å². The first kappa shape index (κ1) is 15.7. The fraction of sp³-hybridized carbons (Fsp3) is 0.143. The number of benzene rings is 1. The molecule has 0 fully saturated rings. The number of ether oxygens (including phenoxy) is 1. The van der Waals surface area contributed by atoms with Crippen LogP contribution in [0.2, 0.25) is 5.02 Å². The number of hydrogen-bond acceptors (Lipinski definition) is 5. The molecule has 0 spiro atoms. The topological polar surface area (TPSA) is 94.4 Å². The van der Waals surface area contributed by atoms with Gasteiger partial charge in [0.25, 0.3) is 11.6 Å². The highest BCUT2D eigenvalue weighted by Gasteiger charge is 2.20. The van der Waals surface area contributed by atoms with E-state index in [9.17, 15) is 14.9 Å². The Kier molecular flexibility index (Phi) is 4.90. The molecule has 1 heterocycles. The molecule has 1 N–H and O–H groups in total. The first-order valence-corrected chi connectivity index (χ1v) is 6.60. The summed E-state index contributed by atoms with van der Waals surface area (Å²) in [5.74, 6) is -0.219. The molecule has 0 saturated carbocycles. The third-order valence-electron chi connectivity index (χ3n) is 2.88. The van der Waals surface area contributed by atoms with Crippen LogP contribution in [0.4, 0.5) is 5.69 Å². The van der Waals surface area contributed by atoms with Crippen molar-refractivity contribution < 1.29 is 14.5 Å². The molecule has 0 unspecified atom stereocenters. The van der Waals surface area contributed by atoms with E-state index >= 15 is 0 Å². The van der Waals surface area contributed by atoms with E-state index in [2.05, 4.69) is 10.3 Å². The normalized spacial score (nSPS) is 10.1. The van der Waals surface area contributed by atoms with E-state index in [1.165, 1.54) is 25.3 Å². The van der Waals surface area contributed by atoms with Crippen molar-refractivity contribution >= 4 is 23.2 Å². The number of halogens is 1. The minimum absolute atomic E-state index is 0.0969. The lowest BCUT2D eigenvalue weighted by Crippen LogP contribution is -2.24. The monoisotopic (exact) mass is 321 g/mol. The van der Waals surface area contributed by atoms with Gasteiger partial charge in [-0.05, 0) is 18.2 Å². The van der Waals surface area contributed by atoms with Gasteiger partial charge in [-0.25, -0.2) is 4.98 Å². The van der Waals surface area contributed by atoms with Crippen LogP contribution in [-0.4, -0.2) is 22.9 Å². The Morgan fingerprint density at radius 1 is 1.45 bits per heavy atom. The van der Waals surface area contributed by atoms with Crippen LogP contribution in [-0.2, 0) is 6.54 Å². The maximum atomic E-state index is 12.2. The van der Waals surface area contributed by atoms with Crippen LogP contribution >= 0.6 is 11.6 Å². The van der Waals surface area contributed by atoms with Gasteiger partial charge in [-0.1, -0.05) is 17.7 Å². The van der Waals surface area contributed by atoms with Crippen LogP contribution in [0.1, 0.15) is 15.9 Å². The Bertz CT molecular complexity index is 721. The van der Waals surface area contributed by atoms with E-state index in [1.807, 2.05) is 0 Å². The van der Waals surface area contributed by atoms with Gasteiger partial charge < -0.3 is 10.1 Å². The molecule has 0 radical (unpaired) electrons. The second kappa shape index (κ2) is 6.86. The third kappa shape index (κ3) is 3.50. The zero-order valence-electron chi connectivity index (χ0n) is 11.6. The Morgan fingerprint density at radius 2 is 2.23 bits per heavy atom. The second-order valence-corrected chi connectivity index (χ2v) is 4.71. The molecule has 0 saturated heterocycles. The molecular formula is C14H12ClN3O4. The van der Waals surface area contributed by atoms with E-state index in [4.69, 9.17) is 16.3 Å². The van der Waals surface area contributed by atoms with Crippen molar-refractivity contribution in [1.29, 1.82) is 0 Å². The van der Waals surface area contributed by atoms with Crippen LogP contribution in [0.5, 0.6) is 5.88 Å². The fourth-order valence-electron chi connectivity index (χ4n) is 1.86. The standard InChI is InChI=1S/C14H12ClN3O4/c1-22-14-9(3-2-6-16-14)8-17-13(19)11-7-10(15)4-5-12(11)18(20)21/h2-7H,8H2,1H3,(H,17,19). The van der Waals surface area contributed by atoms with E-state index in [1.54, 1.807) is 18.3 Å². The molecule has 2 rings (SSSR count). The molecule has 7 nitrogen and oxygen atoms in total. The molecule has 0 aliphatic heterocycles. The Labute approximate surface area is 131 Å². The van der Waals surface area contributed by atoms with Gasteiger partial charge >= 0.3 is 0 Å². The molecule has 0 atom stereocenters. The number of pyridine rings is 1. The van der Waals surface area contributed by atoms with Gasteiger partial charge in [0.2, 0.25) is 5.88 Å². The summed E-state index contributed by atoms with van der Waals surface area (Å²) in [6.45, 7) is 0.125. The highest BCUT2D eigenvalue weighted by Crippen LogP contribution is 2.23. The number of carbonyl (C=O) groups excluding carboxylic acids is 1. The van der Waals surface area contributed by atoms with Gasteiger partial charge in [0.1, 0.15) is 5.56 Å². The number of methoxy groups -OCH3 is 1. The Balaban J connectivity index is 2.19. The summed E-state index contributed by atoms with van der Waals surface area (Å²) in [7, 11) is 1.47. The van der Waals surface area contributed by atoms with E-state index in [0.717, 1.165) is 0 Å². The van der Waals surface area contributed by atoms with Gasteiger partial charge in [0.05, 0.1) is 12.0 Å². The lowest BCUT2D eigenvalue weighted by Gasteiger charge is -2.09. The Morgan fingerprint density at radius 3 is 2.91 bits per heavy atom. The summed E-state index contributed by atoms with van der Waals surface area (Å²) in [5, 5.41) is 13.8.